The van der Waals surface area contributed by atoms with Gasteiger partial charge in [-0.2, -0.15) is 0 Å². The second kappa shape index (κ2) is 11.2. The molecule has 0 fully saturated rings. The minimum absolute atomic E-state index is 0.0607. The van der Waals surface area contributed by atoms with Gasteiger partial charge in [-0.3, -0.25) is 10.0 Å². The number of rotatable bonds is 9. The molecule has 0 unspecified atom stereocenters. The van der Waals surface area contributed by atoms with E-state index >= 15 is 0 Å². The maximum Gasteiger partial charge on any atom is 0.411 e. The molecule has 11 nitrogen and oxygen atoms in total. The van der Waals surface area contributed by atoms with Crippen molar-refractivity contribution in [2.45, 2.75) is 18.7 Å². The molecule has 33 heavy (non-hydrogen) atoms. The summed E-state index contributed by atoms with van der Waals surface area (Å²) in [5, 5.41) is 2.44. The maximum atomic E-state index is 13.0. The average molecular weight is 480 g/mol. The summed E-state index contributed by atoms with van der Waals surface area (Å²) in [6.07, 6.45) is -0.783. The molecule has 178 valence electrons. The van der Waals surface area contributed by atoms with E-state index in [1.54, 1.807) is 13.8 Å². The highest BCUT2D eigenvalue weighted by molar-refractivity contribution is 7.92. The van der Waals surface area contributed by atoms with Gasteiger partial charge in [-0.05, 0) is 50.2 Å². The van der Waals surface area contributed by atoms with Crippen LogP contribution in [0.5, 0.6) is 5.75 Å². The van der Waals surface area contributed by atoms with Gasteiger partial charge in [0.15, 0.2) is 0 Å². The minimum Gasteiger partial charge on any atom is -0.492 e. The largest absolute Gasteiger partial charge is 0.492 e. The number of methoxy groups -OCH3 is 2. The van der Waals surface area contributed by atoms with E-state index in [0.717, 1.165) is 14.2 Å². The summed E-state index contributed by atoms with van der Waals surface area (Å²) < 4.78 is 47.9. The highest BCUT2D eigenvalue weighted by Gasteiger charge is 2.21. The van der Waals surface area contributed by atoms with E-state index in [0.29, 0.717) is 0 Å². The number of carbonyl (C=O) groups is 3. The lowest BCUT2D eigenvalue weighted by molar-refractivity contribution is 0.0599. The van der Waals surface area contributed by atoms with E-state index in [2.05, 4.69) is 19.5 Å². The Bertz CT molecular complexity index is 1110. The number of ether oxygens (including phenoxy) is 4. The summed E-state index contributed by atoms with van der Waals surface area (Å²) >= 11 is 0. The molecule has 0 spiro atoms. The van der Waals surface area contributed by atoms with Crippen molar-refractivity contribution < 1.29 is 41.7 Å². The van der Waals surface area contributed by atoms with Gasteiger partial charge in [0, 0.05) is 0 Å². The number of anilines is 2. The van der Waals surface area contributed by atoms with Crippen LogP contribution in [0.15, 0.2) is 41.3 Å². The average Bonchev–Trinajstić information content (AvgIpc) is 2.78. The van der Waals surface area contributed by atoms with Crippen LogP contribution in [0, 0.1) is 0 Å². The molecule has 0 aromatic heterocycles. The van der Waals surface area contributed by atoms with Crippen LogP contribution in [0.25, 0.3) is 0 Å². The third-order valence-electron chi connectivity index (χ3n) is 4.10. The molecule has 2 aromatic carbocycles. The van der Waals surface area contributed by atoms with Gasteiger partial charge in [-0.1, -0.05) is 0 Å². The van der Waals surface area contributed by atoms with Crippen molar-refractivity contribution in [2.75, 3.05) is 37.5 Å². The molecule has 12 heteroatoms. The fourth-order valence-electron chi connectivity index (χ4n) is 2.70. The first kappa shape index (κ1) is 25.5. The Morgan fingerprint density at radius 2 is 1.48 bits per heavy atom. The smallest absolute Gasteiger partial charge is 0.411 e. The first-order valence-electron chi connectivity index (χ1n) is 9.70. The molecule has 0 aliphatic carbocycles. The first-order chi connectivity index (χ1) is 15.6. The van der Waals surface area contributed by atoms with Gasteiger partial charge in [0.1, 0.15) is 5.75 Å². The summed E-state index contributed by atoms with van der Waals surface area (Å²) in [4.78, 5) is 35.5. The van der Waals surface area contributed by atoms with E-state index in [1.165, 1.54) is 36.4 Å². The van der Waals surface area contributed by atoms with Crippen LogP contribution in [-0.4, -0.2) is 53.9 Å². The maximum absolute atomic E-state index is 13.0. The highest BCUT2D eigenvalue weighted by atomic mass is 32.2. The summed E-state index contributed by atoms with van der Waals surface area (Å²) in [5.41, 5.74) is -0.118. The molecule has 2 rings (SSSR count). The van der Waals surface area contributed by atoms with E-state index in [9.17, 15) is 22.8 Å². The van der Waals surface area contributed by atoms with Crippen LogP contribution in [0.2, 0.25) is 0 Å². The van der Waals surface area contributed by atoms with Crippen molar-refractivity contribution in [3.05, 3.63) is 47.5 Å². The van der Waals surface area contributed by atoms with Gasteiger partial charge in [-0.25, -0.2) is 22.8 Å². The molecule has 0 bridgehead atoms. The SMILES string of the molecule is CCOC(=O)Nc1cc(S(=O)(=O)Nc2cc(C(=O)OC)cc(C(=O)OC)c2)ccc1OCC. The van der Waals surface area contributed by atoms with Crippen molar-refractivity contribution in [3.63, 3.8) is 0 Å². The number of esters is 2. The number of hydrogen-bond donors (Lipinski definition) is 2. The van der Waals surface area contributed by atoms with E-state index in [4.69, 9.17) is 9.47 Å². The van der Waals surface area contributed by atoms with Crippen LogP contribution in [0.3, 0.4) is 0 Å². The van der Waals surface area contributed by atoms with Crippen LogP contribution in [0.4, 0.5) is 16.2 Å². The molecule has 0 saturated carbocycles. The van der Waals surface area contributed by atoms with Gasteiger partial charge in [-0.15, -0.1) is 0 Å². The predicted molar refractivity (Wildman–Crippen MR) is 118 cm³/mol. The fourth-order valence-corrected chi connectivity index (χ4v) is 3.77. The van der Waals surface area contributed by atoms with Crippen molar-refractivity contribution in [1.82, 2.24) is 0 Å². The Kier molecular flexibility index (Phi) is 8.63. The fraction of sp³-hybridized carbons (Fsp3) is 0.286. The lowest BCUT2D eigenvalue weighted by Gasteiger charge is -2.15. The second-order valence-corrected chi connectivity index (χ2v) is 8.01. The van der Waals surface area contributed by atoms with Gasteiger partial charge < -0.3 is 18.9 Å². The molecule has 0 saturated heterocycles. The van der Waals surface area contributed by atoms with Crippen molar-refractivity contribution >= 4 is 39.4 Å². The molecule has 0 heterocycles. The van der Waals surface area contributed by atoms with Crippen LogP contribution in [0.1, 0.15) is 34.6 Å². The van der Waals surface area contributed by atoms with Crippen LogP contribution in [-0.2, 0) is 24.2 Å². The van der Waals surface area contributed by atoms with Gasteiger partial charge in [0.05, 0.1) is 54.8 Å². The zero-order chi connectivity index (χ0) is 24.6. The molecule has 2 N–H and O–H groups in total. The number of nitrogens with one attached hydrogen (secondary N) is 2. The molecule has 0 atom stereocenters. The number of amides is 1. The van der Waals surface area contributed by atoms with Gasteiger partial charge in [0.25, 0.3) is 10.0 Å². The Morgan fingerprint density at radius 1 is 0.879 bits per heavy atom. The third-order valence-corrected chi connectivity index (χ3v) is 5.48. The van der Waals surface area contributed by atoms with E-state index in [-0.39, 0.29) is 46.4 Å². The zero-order valence-electron chi connectivity index (χ0n) is 18.5. The molecular formula is C21H24N2O9S. The highest BCUT2D eigenvalue weighted by Crippen LogP contribution is 2.29. The summed E-state index contributed by atoms with van der Waals surface area (Å²) in [6, 6.07) is 7.48. The molecule has 0 aliphatic rings. The number of benzene rings is 2. The first-order valence-corrected chi connectivity index (χ1v) is 11.2. The predicted octanol–water partition coefficient (Wildman–Crippen LogP) is 3.03. The molecular weight excluding hydrogens is 456 g/mol. The Morgan fingerprint density at radius 3 is 2.00 bits per heavy atom. The summed E-state index contributed by atoms with van der Waals surface area (Å²) in [6.45, 7) is 3.75. The molecule has 0 aliphatic heterocycles. The normalized spacial score (nSPS) is 10.7. The Labute approximate surface area is 191 Å². The molecule has 1 amide bonds. The lowest BCUT2D eigenvalue weighted by Crippen LogP contribution is -2.17. The topological polar surface area (TPSA) is 146 Å². The van der Waals surface area contributed by atoms with Crippen molar-refractivity contribution in [2.24, 2.45) is 0 Å². The molecule has 2 aromatic rings. The monoisotopic (exact) mass is 480 g/mol. The quantitative estimate of drug-likeness (QED) is 0.408. The van der Waals surface area contributed by atoms with Crippen molar-refractivity contribution in [3.8, 4) is 5.75 Å². The summed E-state index contributed by atoms with van der Waals surface area (Å²) in [5.74, 6) is -1.31. The van der Waals surface area contributed by atoms with E-state index < -0.39 is 28.1 Å². The number of sulfonamides is 1. The molecule has 0 radical (unpaired) electrons. The zero-order valence-corrected chi connectivity index (χ0v) is 19.3. The van der Waals surface area contributed by atoms with Crippen LogP contribution >= 0.6 is 0 Å². The lowest BCUT2D eigenvalue weighted by atomic mass is 10.1. The second-order valence-electron chi connectivity index (χ2n) is 6.32. The third kappa shape index (κ3) is 6.59. The Hall–Kier alpha value is -3.80. The summed E-state index contributed by atoms with van der Waals surface area (Å²) in [7, 11) is -1.92. The number of hydrogen-bond acceptors (Lipinski definition) is 9. The van der Waals surface area contributed by atoms with Crippen molar-refractivity contribution in [1.29, 1.82) is 0 Å². The minimum atomic E-state index is -4.22. The van der Waals surface area contributed by atoms with Gasteiger partial charge in [0.2, 0.25) is 0 Å². The number of carbonyl (C=O) groups excluding carboxylic acids is 3. The Balaban J connectivity index is 2.46. The van der Waals surface area contributed by atoms with Gasteiger partial charge >= 0.3 is 18.0 Å². The van der Waals surface area contributed by atoms with E-state index in [1.807, 2.05) is 0 Å². The van der Waals surface area contributed by atoms with Crippen LogP contribution < -0.4 is 14.8 Å². The standard InChI is InChI=1S/C21H24N2O9S/c1-5-31-18-8-7-16(12-17(18)22-21(26)32-6-2)33(27,28)23-15-10-13(19(24)29-3)9-14(11-15)20(25)30-4/h7-12,23H,5-6H2,1-4H3,(H,22,26).